The van der Waals surface area contributed by atoms with E-state index in [1.165, 1.54) is 12.1 Å². The second-order valence-corrected chi connectivity index (χ2v) is 5.47. The number of hydrogen-bond donors (Lipinski definition) is 3. The zero-order valence-electron chi connectivity index (χ0n) is 14.9. The van der Waals surface area contributed by atoms with Crippen LogP contribution >= 0.6 is 24.0 Å². The highest BCUT2D eigenvalue weighted by Gasteiger charge is 2.04. The van der Waals surface area contributed by atoms with Gasteiger partial charge in [0.25, 0.3) is 5.91 Å². The van der Waals surface area contributed by atoms with Crippen LogP contribution in [0.4, 0.5) is 4.39 Å². The van der Waals surface area contributed by atoms with Crippen LogP contribution in [0.15, 0.2) is 53.5 Å². The van der Waals surface area contributed by atoms with Crippen LogP contribution in [0.2, 0.25) is 0 Å². The average Bonchev–Trinajstić information content (AvgIpc) is 2.62. The summed E-state index contributed by atoms with van der Waals surface area (Å²) in [5.74, 6) is 0.293. The highest BCUT2D eigenvalue weighted by atomic mass is 127. The van der Waals surface area contributed by atoms with Gasteiger partial charge in [0.2, 0.25) is 0 Å². The van der Waals surface area contributed by atoms with Gasteiger partial charge in [0, 0.05) is 32.2 Å². The highest BCUT2D eigenvalue weighted by molar-refractivity contribution is 14.0. The van der Waals surface area contributed by atoms with Crippen LogP contribution < -0.4 is 16.0 Å². The van der Waals surface area contributed by atoms with Crippen LogP contribution in [0, 0.1) is 5.82 Å². The van der Waals surface area contributed by atoms with Gasteiger partial charge >= 0.3 is 0 Å². The molecule has 0 spiro atoms. The molecule has 0 atom stereocenters. The summed E-state index contributed by atoms with van der Waals surface area (Å²) in [5.41, 5.74) is 2.51. The fraction of sp³-hybridized carbons (Fsp3) is 0.263. The Bertz CT molecular complexity index is 735. The number of halogens is 2. The number of rotatable bonds is 6. The molecule has 140 valence electrons. The van der Waals surface area contributed by atoms with Gasteiger partial charge in [-0.25, -0.2) is 4.39 Å². The van der Waals surface area contributed by atoms with Gasteiger partial charge in [-0.3, -0.25) is 9.79 Å². The van der Waals surface area contributed by atoms with Gasteiger partial charge in [0.1, 0.15) is 5.82 Å². The van der Waals surface area contributed by atoms with Crippen molar-refractivity contribution in [1.82, 2.24) is 16.0 Å². The fourth-order valence-electron chi connectivity index (χ4n) is 2.28. The van der Waals surface area contributed by atoms with E-state index in [4.69, 9.17) is 0 Å². The summed E-state index contributed by atoms with van der Waals surface area (Å²) in [6, 6.07) is 13.8. The van der Waals surface area contributed by atoms with Gasteiger partial charge in [0.15, 0.2) is 5.96 Å². The Hall–Kier alpha value is -2.16. The summed E-state index contributed by atoms with van der Waals surface area (Å²) >= 11 is 0. The molecule has 1 amide bonds. The molecule has 0 saturated carbocycles. The van der Waals surface area contributed by atoms with Crippen LogP contribution in [0.1, 0.15) is 28.4 Å². The maximum Gasteiger partial charge on any atom is 0.251 e. The van der Waals surface area contributed by atoms with Crippen LogP contribution in [0.3, 0.4) is 0 Å². The molecule has 0 aliphatic rings. The van der Waals surface area contributed by atoms with Crippen molar-refractivity contribution >= 4 is 35.8 Å². The lowest BCUT2D eigenvalue weighted by Gasteiger charge is -2.12. The summed E-state index contributed by atoms with van der Waals surface area (Å²) in [6.07, 6.45) is 0. The minimum absolute atomic E-state index is 0. The summed E-state index contributed by atoms with van der Waals surface area (Å²) in [7, 11) is 1.68. The number of hydrogen-bond acceptors (Lipinski definition) is 2. The number of nitrogens with zero attached hydrogens (tertiary/aromatic N) is 1. The molecule has 0 aliphatic carbocycles. The first-order valence-corrected chi connectivity index (χ1v) is 8.18. The number of benzene rings is 2. The summed E-state index contributed by atoms with van der Waals surface area (Å²) in [6.45, 7) is 3.54. The molecule has 0 heterocycles. The van der Waals surface area contributed by atoms with Crippen molar-refractivity contribution in [3.8, 4) is 0 Å². The Kier molecular flexibility index (Phi) is 9.64. The molecule has 2 aromatic carbocycles. The van der Waals surface area contributed by atoms with Crippen molar-refractivity contribution in [2.75, 3.05) is 13.6 Å². The fourth-order valence-corrected chi connectivity index (χ4v) is 2.28. The summed E-state index contributed by atoms with van der Waals surface area (Å²) in [5, 5.41) is 9.09. The summed E-state index contributed by atoms with van der Waals surface area (Å²) < 4.78 is 13.2. The number of nitrogens with one attached hydrogen (secondary N) is 3. The molecule has 0 unspecified atom stereocenters. The lowest BCUT2D eigenvalue weighted by atomic mass is 10.1. The Morgan fingerprint density at radius 1 is 1.00 bits per heavy atom. The van der Waals surface area contributed by atoms with E-state index in [1.807, 2.05) is 25.1 Å². The van der Waals surface area contributed by atoms with Crippen LogP contribution in [-0.2, 0) is 13.1 Å². The summed E-state index contributed by atoms with van der Waals surface area (Å²) in [4.78, 5) is 15.9. The van der Waals surface area contributed by atoms with E-state index in [-0.39, 0.29) is 35.7 Å². The molecule has 0 aromatic heterocycles. The third kappa shape index (κ3) is 6.99. The van der Waals surface area contributed by atoms with E-state index in [1.54, 1.807) is 25.2 Å². The lowest BCUT2D eigenvalue weighted by molar-refractivity contribution is 0.0956. The highest BCUT2D eigenvalue weighted by Crippen LogP contribution is 2.05. The number of amides is 1. The van der Waals surface area contributed by atoms with Gasteiger partial charge in [-0.2, -0.15) is 0 Å². The number of guanidine groups is 1. The molecular formula is C19H24FIN4O. The molecule has 2 aromatic rings. The second-order valence-electron chi connectivity index (χ2n) is 5.47. The number of aliphatic imine (C=N–C) groups is 1. The molecule has 0 radical (unpaired) electrons. The van der Waals surface area contributed by atoms with Crippen molar-refractivity contribution in [2.45, 2.75) is 20.0 Å². The Morgan fingerprint density at radius 2 is 1.65 bits per heavy atom. The van der Waals surface area contributed by atoms with E-state index in [0.717, 1.165) is 11.1 Å². The lowest BCUT2D eigenvalue weighted by Crippen LogP contribution is -2.36. The van der Waals surface area contributed by atoms with Crippen molar-refractivity contribution in [3.05, 3.63) is 71.0 Å². The largest absolute Gasteiger partial charge is 0.352 e. The van der Waals surface area contributed by atoms with Crippen molar-refractivity contribution in [1.29, 1.82) is 0 Å². The normalized spacial score (nSPS) is 10.7. The van der Waals surface area contributed by atoms with Gasteiger partial charge < -0.3 is 16.0 Å². The van der Waals surface area contributed by atoms with Gasteiger partial charge in [-0.05, 0) is 42.3 Å². The first-order valence-electron chi connectivity index (χ1n) is 8.18. The third-order valence-corrected chi connectivity index (χ3v) is 3.59. The van der Waals surface area contributed by atoms with Crippen molar-refractivity contribution in [2.24, 2.45) is 4.99 Å². The molecule has 5 nitrogen and oxygen atoms in total. The topological polar surface area (TPSA) is 65.5 Å². The molecule has 2 rings (SSSR count). The van der Waals surface area contributed by atoms with E-state index in [2.05, 4.69) is 20.9 Å². The Labute approximate surface area is 170 Å². The standard InChI is InChI=1S/C19H23FN4O.HI/c1-3-22-18(25)16-9-7-14(8-10-16)12-23-19(21-2)24-13-15-5-4-6-17(20)11-15;/h4-11H,3,12-13H2,1-2H3,(H,22,25)(H2,21,23,24);1H. The maximum atomic E-state index is 13.2. The predicted octanol–water partition coefficient (Wildman–Crippen LogP) is 3.06. The van der Waals surface area contributed by atoms with Crippen LogP contribution in [-0.4, -0.2) is 25.5 Å². The number of carbonyl (C=O) groups excluding carboxylic acids is 1. The molecule has 0 aliphatic heterocycles. The van der Waals surface area contributed by atoms with E-state index in [9.17, 15) is 9.18 Å². The Morgan fingerprint density at radius 3 is 2.23 bits per heavy atom. The minimum Gasteiger partial charge on any atom is -0.352 e. The van der Waals surface area contributed by atoms with Gasteiger partial charge in [-0.15, -0.1) is 24.0 Å². The molecule has 26 heavy (non-hydrogen) atoms. The Balaban J connectivity index is 0.00000338. The first kappa shape index (κ1) is 21.9. The zero-order chi connectivity index (χ0) is 18.1. The molecule has 0 bridgehead atoms. The van der Waals surface area contributed by atoms with E-state index < -0.39 is 0 Å². The van der Waals surface area contributed by atoms with Crippen LogP contribution in [0.25, 0.3) is 0 Å². The first-order chi connectivity index (χ1) is 12.1. The monoisotopic (exact) mass is 470 g/mol. The minimum atomic E-state index is -0.255. The smallest absolute Gasteiger partial charge is 0.251 e. The number of carbonyl (C=O) groups is 1. The molecule has 7 heteroatoms. The van der Waals surface area contributed by atoms with E-state index >= 15 is 0 Å². The van der Waals surface area contributed by atoms with E-state index in [0.29, 0.717) is 31.2 Å². The molecule has 0 fully saturated rings. The predicted molar refractivity (Wildman–Crippen MR) is 113 cm³/mol. The van der Waals surface area contributed by atoms with Crippen molar-refractivity contribution in [3.63, 3.8) is 0 Å². The van der Waals surface area contributed by atoms with Crippen LogP contribution in [0.5, 0.6) is 0 Å². The van der Waals surface area contributed by atoms with Gasteiger partial charge in [-0.1, -0.05) is 24.3 Å². The maximum absolute atomic E-state index is 13.2. The quantitative estimate of drug-likeness (QED) is 0.346. The molecule has 0 saturated heterocycles. The SMILES string of the molecule is CCNC(=O)c1ccc(CNC(=NC)NCc2cccc(F)c2)cc1.I. The van der Waals surface area contributed by atoms with Gasteiger partial charge in [0.05, 0.1) is 0 Å². The molecular weight excluding hydrogens is 446 g/mol. The van der Waals surface area contributed by atoms with Crippen molar-refractivity contribution < 1.29 is 9.18 Å². The molecule has 3 N–H and O–H groups in total. The zero-order valence-corrected chi connectivity index (χ0v) is 17.2. The second kappa shape index (κ2) is 11.5. The average molecular weight is 470 g/mol. The third-order valence-electron chi connectivity index (χ3n) is 3.59.